The Morgan fingerprint density at radius 1 is 0.974 bits per heavy atom. The van der Waals surface area contributed by atoms with Crippen LogP contribution in [0.5, 0.6) is 28.7 Å². The first-order chi connectivity index (χ1) is 18.3. The average molecular weight is 523 g/mol. The van der Waals surface area contributed by atoms with E-state index >= 15 is 0 Å². The van der Waals surface area contributed by atoms with Gasteiger partial charge in [0.15, 0.2) is 23.0 Å². The van der Waals surface area contributed by atoms with E-state index in [-0.39, 0.29) is 42.0 Å². The van der Waals surface area contributed by atoms with Crippen molar-refractivity contribution in [3.8, 4) is 28.7 Å². The maximum atomic E-state index is 12.5. The van der Waals surface area contributed by atoms with Gasteiger partial charge < -0.3 is 39.4 Å². The van der Waals surface area contributed by atoms with E-state index in [9.17, 15) is 25.2 Å². The summed E-state index contributed by atoms with van der Waals surface area (Å²) in [4.78, 5) is 12.5. The number of aromatic hydroxyl groups is 3. The normalized spacial score (nSPS) is 19.8. The molecule has 1 aliphatic heterocycles. The van der Waals surface area contributed by atoms with Gasteiger partial charge >= 0.3 is 5.97 Å². The van der Waals surface area contributed by atoms with Crippen LogP contribution >= 0.6 is 0 Å². The molecule has 9 heteroatoms. The van der Waals surface area contributed by atoms with Crippen LogP contribution in [-0.2, 0) is 14.3 Å². The van der Waals surface area contributed by atoms with Crippen molar-refractivity contribution in [1.29, 1.82) is 0 Å². The SMILES string of the molecule is COc1cc([C@H]2OC[C@H]([C@@H](O)c3ccc(O)c(OC)c3)[C@@H]2COC(=O)/C=C/c2ccc(O)cc2)ccc1O. The third-order valence-electron chi connectivity index (χ3n) is 6.61. The molecule has 1 heterocycles. The fraction of sp³-hybridized carbons (Fsp3) is 0.276. The van der Waals surface area contributed by atoms with Crippen LogP contribution in [-0.4, -0.2) is 53.8 Å². The lowest BCUT2D eigenvalue weighted by Crippen LogP contribution is -2.27. The van der Waals surface area contributed by atoms with Gasteiger partial charge in [0.1, 0.15) is 5.75 Å². The van der Waals surface area contributed by atoms with Crippen molar-refractivity contribution in [2.75, 3.05) is 27.4 Å². The van der Waals surface area contributed by atoms with Crippen molar-refractivity contribution < 1.29 is 44.2 Å². The molecule has 3 aromatic carbocycles. The molecule has 1 fully saturated rings. The van der Waals surface area contributed by atoms with Crippen molar-refractivity contribution in [2.24, 2.45) is 11.8 Å². The Bertz CT molecular complexity index is 1290. The summed E-state index contributed by atoms with van der Waals surface area (Å²) in [7, 11) is 2.87. The summed E-state index contributed by atoms with van der Waals surface area (Å²) in [5, 5.41) is 40.7. The van der Waals surface area contributed by atoms with Crippen molar-refractivity contribution >= 4 is 12.0 Å². The van der Waals surface area contributed by atoms with Gasteiger partial charge in [-0.2, -0.15) is 0 Å². The minimum atomic E-state index is -1.01. The molecule has 0 spiro atoms. The number of aliphatic hydroxyl groups excluding tert-OH is 1. The van der Waals surface area contributed by atoms with Gasteiger partial charge in [0.25, 0.3) is 0 Å². The van der Waals surface area contributed by atoms with Gasteiger partial charge in [-0.25, -0.2) is 4.79 Å². The number of hydrogen-bond donors (Lipinski definition) is 4. The van der Waals surface area contributed by atoms with Gasteiger partial charge in [0.05, 0.1) is 39.6 Å². The number of methoxy groups -OCH3 is 2. The predicted molar refractivity (Wildman–Crippen MR) is 138 cm³/mol. The zero-order valence-corrected chi connectivity index (χ0v) is 21.0. The van der Waals surface area contributed by atoms with Crippen LogP contribution in [0.15, 0.2) is 66.7 Å². The van der Waals surface area contributed by atoms with Gasteiger partial charge in [0.2, 0.25) is 0 Å². The van der Waals surface area contributed by atoms with Gasteiger partial charge in [-0.05, 0) is 59.2 Å². The minimum absolute atomic E-state index is 0.0237. The van der Waals surface area contributed by atoms with E-state index in [1.54, 1.807) is 42.5 Å². The van der Waals surface area contributed by atoms with Crippen LogP contribution < -0.4 is 9.47 Å². The summed E-state index contributed by atoms with van der Waals surface area (Å²) >= 11 is 0. The van der Waals surface area contributed by atoms with E-state index < -0.39 is 30.0 Å². The zero-order chi connectivity index (χ0) is 27.2. The molecule has 0 aromatic heterocycles. The third-order valence-corrected chi connectivity index (χ3v) is 6.61. The minimum Gasteiger partial charge on any atom is -0.508 e. The summed E-state index contributed by atoms with van der Waals surface area (Å²) < 4.78 is 22.1. The molecule has 0 aliphatic carbocycles. The number of aliphatic hydroxyl groups is 1. The Morgan fingerprint density at radius 3 is 2.32 bits per heavy atom. The fourth-order valence-corrected chi connectivity index (χ4v) is 4.54. The van der Waals surface area contributed by atoms with Gasteiger partial charge in [0, 0.05) is 17.9 Å². The Kier molecular flexibility index (Phi) is 8.40. The highest BCUT2D eigenvalue weighted by molar-refractivity contribution is 5.87. The van der Waals surface area contributed by atoms with Crippen molar-refractivity contribution in [2.45, 2.75) is 12.2 Å². The molecule has 0 bridgehead atoms. The molecule has 1 saturated heterocycles. The standard InChI is InChI=1S/C29H30O9/c1-35-25-13-18(6-10-23(25)31)28(34)21-15-38-29(19-7-11-24(32)26(14-19)36-2)22(21)16-37-27(33)12-5-17-3-8-20(30)9-4-17/h3-14,21-22,28-32,34H,15-16H2,1-2H3/b12-5+/t21-,22-,28-,29+/m0/s1. The molecule has 4 N–H and O–H groups in total. The first-order valence-electron chi connectivity index (χ1n) is 12.0. The quantitative estimate of drug-likeness (QED) is 0.242. The summed E-state index contributed by atoms with van der Waals surface area (Å²) in [6.07, 6.45) is 1.29. The highest BCUT2D eigenvalue weighted by Crippen LogP contribution is 2.46. The van der Waals surface area contributed by atoms with Crippen molar-refractivity contribution in [1.82, 2.24) is 0 Å². The molecule has 4 atom stereocenters. The first-order valence-corrected chi connectivity index (χ1v) is 12.0. The lowest BCUT2D eigenvalue weighted by molar-refractivity contribution is -0.140. The van der Waals surface area contributed by atoms with Crippen LogP contribution in [0.4, 0.5) is 0 Å². The molecule has 0 amide bonds. The molecule has 38 heavy (non-hydrogen) atoms. The summed E-state index contributed by atoms with van der Waals surface area (Å²) in [6.45, 7) is 0.118. The molecule has 0 unspecified atom stereocenters. The molecule has 3 aromatic rings. The third kappa shape index (κ3) is 6.01. The molecule has 200 valence electrons. The summed E-state index contributed by atoms with van der Waals surface area (Å²) in [5.74, 6) is -0.956. The number of carbonyl (C=O) groups excluding carboxylic acids is 1. The number of rotatable bonds is 9. The number of phenolic OH excluding ortho intramolecular Hbond substituents is 3. The number of carbonyl (C=O) groups is 1. The average Bonchev–Trinajstić information content (AvgIpc) is 3.35. The van der Waals surface area contributed by atoms with E-state index in [4.69, 9.17) is 18.9 Å². The zero-order valence-electron chi connectivity index (χ0n) is 21.0. The van der Waals surface area contributed by atoms with E-state index in [1.807, 2.05) is 0 Å². The van der Waals surface area contributed by atoms with Crippen molar-refractivity contribution in [3.63, 3.8) is 0 Å². The first kappa shape index (κ1) is 26.8. The molecule has 4 rings (SSSR count). The molecule has 0 radical (unpaired) electrons. The Morgan fingerprint density at radius 2 is 1.63 bits per heavy atom. The van der Waals surface area contributed by atoms with E-state index in [0.717, 1.165) is 0 Å². The Labute approximate surface area is 220 Å². The second-order valence-corrected chi connectivity index (χ2v) is 8.94. The highest BCUT2D eigenvalue weighted by Gasteiger charge is 2.43. The summed E-state index contributed by atoms with van der Waals surface area (Å²) in [6, 6.07) is 15.8. The number of phenols is 3. The highest BCUT2D eigenvalue weighted by atomic mass is 16.5. The number of hydrogen-bond acceptors (Lipinski definition) is 9. The number of benzene rings is 3. The Hall–Kier alpha value is -4.21. The smallest absolute Gasteiger partial charge is 0.330 e. The second kappa shape index (κ2) is 11.9. The van der Waals surface area contributed by atoms with Crippen LogP contribution in [0.25, 0.3) is 6.08 Å². The Balaban J connectivity index is 1.56. The second-order valence-electron chi connectivity index (χ2n) is 8.94. The van der Waals surface area contributed by atoms with Crippen molar-refractivity contribution in [3.05, 3.63) is 83.4 Å². The topological polar surface area (TPSA) is 135 Å². The van der Waals surface area contributed by atoms with Gasteiger partial charge in [-0.15, -0.1) is 0 Å². The molecule has 9 nitrogen and oxygen atoms in total. The molecular formula is C29H30O9. The fourth-order valence-electron chi connectivity index (χ4n) is 4.54. The lowest BCUT2D eigenvalue weighted by atomic mass is 9.82. The van der Waals surface area contributed by atoms with Crippen LogP contribution in [0.3, 0.4) is 0 Å². The van der Waals surface area contributed by atoms with Gasteiger partial charge in [-0.1, -0.05) is 24.3 Å². The number of esters is 1. The molecular weight excluding hydrogens is 492 g/mol. The predicted octanol–water partition coefficient (Wildman–Crippen LogP) is 4.11. The van der Waals surface area contributed by atoms with Crippen LogP contribution in [0.2, 0.25) is 0 Å². The number of ether oxygens (including phenoxy) is 4. The van der Waals surface area contributed by atoms with E-state index in [1.165, 1.54) is 44.6 Å². The molecule has 0 saturated carbocycles. The maximum absolute atomic E-state index is 12.5. The van der Waals surface area contributed by atoms with E-state index in [0.29, 0.717) is 16.7 Å². The van der Waals surface area contributed by atoms with E-state index in [2.05, 4.69) is 0 Å². The van der Waals surface area contributed by atoms with Gasteiger partial charge in [-0.3, -0.25) is 0 Å². The monoisotopic (exact) mass is 522 g/mol. The molecule has 1 aliphatic rings. The summed E-state index contributed by atoms with van der Waals surface area (Å²) in [5.41, 5.74) is 1.92. The van der Waals surface area contributed by atoms with Crippen LogP contribution in [0, 0.1) is 11.8 Å². The lowest BCUT2D eigenvalue weighted by Gasteiger charge is -2.27. The largest absolute Gasteiger partial charge is 0.508 e. The van der Waals surface area contributed by atoms with Crippen LogP contribution in [0.1, 0.15) is 28.9 Å². The maximum Gasteiger partial charge on any atom is 0.330 e.